The summed E-state index contributed by atoms with van der Waals surface area (Å²) in [5, 5.41) is 24.6. The molecule has 1 amide bonds. The third-order valence-electron chi connectivity index (χ3n) is 12.4. The predicted molar refractivity (Wildman–Crippen MR) is 216 cm³/mol. The maximum absolute atomic E-state index is 14.3. The Morgan fingerprint density at radius 2 is 1.73 bits per heavy atom. The van der Waals surface area contributed by atoms with Gasteiger partial charge >= 0.3 is 0 Å². The fraction of sp³-hybridized carbons (Fsp3) is 0.565. The van der Waals surface area contributed by atoms with Crippen LogP contribution in [-0.4, -0.2) is 72.0 Å². The minimum atomic E-state index is -1.25. The van der Waals surface area contributed by atoms with Gasteiger partial charge in [-0.2, -0.15) is 0 Å². The molecule has 2 fully saturated rings. The average molecular weight is 755 g/mol. The molecule has 2 N–H and O–H groups in total. The number of oxime groups is 1. The first-order valence-electron chi connectivity index (χ1n) is 20.7. The highest BCUT2D eigenvalue weighted by Gasteiger charge is 2.65. The Morgan fingerprint density at radius 1 is 0.982 bits per heavy atom. The molecule has 2 saturated carbocycles. The first kappa shape index (κ1) is 40.7. The molecule has 3 aliphatic carbocycles. The smallest absolute Gasteiger partial charge is 0.239 e. The number of hydrogen-bond acceptors (Lipinski definition) is 8. The molecule has 2 aromatic rings. The van der Waals surface area contributed by atoms with E-state index in [2.05, 4.69) is 25.3 Å². The van der Waals surface area contributed by atoms with E-state index >= 15 is 0 Å². The van der Waals surface area contributed by atoms with Crippen molar-refractivity contribution >= 4 is 11.6 Å². The molecule has 0 bridgehead atoms. The Hall–Kier alpha value is -3.92. The number of amides is 1. The summed E-state index contributed by atoms with van der Waals surface area (Å²) < 4.78 is 20.4. The molecular weight excluding hydrogens is 693 g/mol. The van der Waals surface area contributed by atoms with Gasteiger partial charge in [-0.05, 0) is 79.2 Å². The molecule has 0 saturated heterocycles. The Balaban J connectivity index is 1.51. The zero-order valence-corrected chi connectivity index (χ0v) is 32.8. The van der Waals surface area contributed by atoms with E-state index in [9.17, 15) is 15.0 Å². The first-order valence-corrected chi connectivity index (χ1v) is 20.7. The summed E-state index contributed by atoms with van der Waals surface area (Å²) in [5.41, 5.74) is 3.89. The van der Waals surface area contributed by atoms with E-state index in [1.807, 2.05) is 54.4 Å². The van der Waals surface area contributed by atoms with Crippen molar-refractivity contribution in [3.05, 3.63) is 96.6 Å². The number of aliphatic hydroxyl groups is 2. The van der Waals surface area contributed by atoms with Gasteiger partial charge in [0.15, 0.2) is 0 Å². The number of hydrogen-bond donors (Lipinski definition) is 2. The number of allylic oxidation sites excluding steroid dienone is 1. The average Bonchev–Trinajstić information content (AvgIpc) is 3.74. The normalized spacial score (nSPS) is 26.3. The van der Waals surface area contributed by atoms with Crippen molar-refractivity contribution in [2.24, 2.45) is 28.8 Å². The molecule has 6 atom stereocenters. The second kappa shape index (κ2) is 19.8. The summed E-state index contributed by atoms with van der Waals surface area (Å²) in [6, 6.07) is 15.5. The molecule has 0 radical (unpaired) electrons. The lowest BCUT2D eigenvalue weighted by atomic mass is 9.55. The van der Waals surface area contributed by atoms with Crippen LogP contribution in [0.25, 0.3) is 0 Å². The number of fused-ring (bicyclic) bond motifs is 2. The summed E-state index contributed by atoms with van der Waals surface area (Å²) in [6.45, 7) is 9.09. The number of rotatable bonds is 21. The molecule has 9 heteroatoms. The molecule has 0 unspecified atom stereocenters. The Morgan fingerprint density at radius 3 is 2.45 bits per heavy atom. The monoisotopic (exact) mass is 754 g/mol. The van der Waals surface area contributed by atoms with E-state index < -0.39 is 11.8 Å². The molecule has 4 aliphatic rings. The van der Waals surface area contributed by atoms with Gasteiger partial charge in [-0.3, -0.25) is 4.79 Å². The fourth-order valence-corrected chi connectivity index (χ4v) is 9.71. The van der Waals surface area contributed by atoms with Gasteiger partial charge in [-0.15, -0.1) is 6.58 Å². The van der Waals surface area contributed by atoms with Crippen LogP contribution >= 0.6 is 0 Å². The van der Waals surface area contributed by atoms with Crippen LogP contribution in [0.5, 0.6) is 11.5 Å². The quantitative estimate of drug-likeness (QED) is 0.0747. The van der Waals surface area contributed by atoms with Crippen molar-refractivity contribution in [1.82, 2.24) is 4.90 Å². The van der Waals surface area contributed by atoms with Gasteiger partial charge in [0.25, 0.3) is 0 Å². The highest BCUT2D eigenvalue weighted by molar-refractivity contribution is 6.03. The van der Waals surface area contributed by atoms with Gasteiger partial charge in [0.2, 0.25) is 11.7 Å². The van der Waals surface area contributed by atoms with E-state index in [1.165, 1.54) is 25.7 Å². The highest BCUT2D eigenvalue weighted by Crippen LogP contribution is 2.61. The van der Waals surface area contributed by atoms with Crippen LogP contribution in [0.2, 0.25) is 0 Å². The van der Waals surface area contributed by atoms with E-state index in [-0.39, 0.29) is 49.4 Å². The van der Waals surface area contributed by atoms with Crippen molar-refractivity contribution in [2.45, 2.75) is 108 Å². The SMILES string of the molecule is C=CCOc1ccc2c(c1)[C@H]1[C@H](CCCCO)[C@@H](CCCCO)C=C3C(=NOCc4ccccc4)C[C@H](N(C)C(=O)CCC4CCCC4)[C@@](OCC=C)(O2)[C@H]31. The molecule has 1 heterocycles. The molecule has 0 aromatic heterocycles. The van der Waals surface area contributed by atoms with E-state index in [0.717, 1.165) is 72.4 Å². The van der Waals surface area contributed by atoms with Crippen molar-refractivity contribution in [3.8, 4) is 11.5 Å². The molecule has 298 valence electrons. The van der Waals surface area contributed by atoms with Gasteiger partial charge in [0.05, 0.1) is 18.2 Å². The van der Waals surface area contributed by atoms with Gasteiger partial charge < -0.3 is 34.2 Å². The maximum Gasteiger partial charge on any atom is 0.239 e. The summed E-state index contributed by atoms with van der Waals surface area (Å²) in [7, 11) is 1.90. The lowest BCUT2D eigenvalue weighted by Gasteiger charge is -2.59. The lowest BCUT2D eigenvalue weighted by molar-refractivity contribution is -0.255. The Bertz CT molecular complexity index is 1640. The third kappa shape index (κ3) is 9.38. The standard InChI is InChI=1S/C46H62N2O7/c1-4-27-52-36-22-23-41-39(30-36)44-37(20-12-14-26-50)35(19-11-13-25-49)29-38-40(47-54-32-34-17-7-6-8-18-34)31-42(46(55-41,45(38)44)53-28-5-2)48(3)43(51)24-21-33-15-9-10-16-33/h4-8,17-18,22-23,29-30,33,35,37,42,44-45,49-50H,1-2,9-16,19-21,24-28,31-32H2,3H3/t35-,37+,42-,44+,45+,46+/m0/s1. The lowest BCUT2D eigenvalue weighted by Crippen LogP contribution is -2.69. The number of benzene rings is 2. The number of carbonyl (C=O) groups is 1. The van der Waals surface area contributed by atoms with Crippen molar-refractivity contribution in [2.75, 3.05) is 33.5 Å². The Labute approximate surface area is 328 Å². The fourth-order valence-electron chi connectivity index (χ4n) is 9.71. The predicted octanol–water partition coefficient (Wildman–Crippen LogP) is 8.51. The second-order valence-corrected chi connectivity index (χ2v) is 15.8. The second-order valence-electron chi connectivity index (χ2n) is 15.8. The van der Waals surface area contributed by atoms with Crippen LogP contribution in [0.3, 0.4) is 0 Å². The summed E-state index contributed by atoms with van der Waals surface area (Å²) in [4.78, 5) is 22.4. The number of aliphatic hydroxyl groups excluding tert-OH is 2. The van der Waals surface area contributed by atoms with Crippen LogP contribution in [0, 0.1) is 23.7 Å². The number of ether oxygens (including phenoxy) is 3. The van der Waals surface area contributed by atoms with Crippen molar-refractivity contribution in [1.29, 1.82) is 0 Å². The molecule has 55 heavy (non-hydrogen) atoms. The minimum absolute atomic E-state index is 0.0757. The topological polar surface area (TPSA) is 110 Å². The van der Waals surface area contributed by atoms with Crippen LogP contribution in [0.4, 0.5) is 0 Å². The molecule has 2 aromatic carbocycles. The summed E-state index contributed by atoms with van der Waals surface area (Å²) in [5.74, 6) is 0.740. The summed E-state index contributed by atoms with van der Waals surface area (Å²) >= 11 is 0. The van der Waals surface area contributed by atoms with Crippen molar-refractivity contribution < 1.29 is 34.1 Å². The van der Waals surface area contributed by atoms with E-state index in [1.54, 1.807) is 12.2 Å². The van der Waals surface area contributed by atoms with Crippen LogP contribution in [0.15, 0.2) is 90.6 Å². The molecular formula is C46H62N2O7. The van der Waals surface area contributed by atoms with Crippen molar-refractivity contribution in [3.63, 3.8) is 0 Å². The molecule has 6 rings (SSSR count). The number of unbranched alkanes of at least 4 members (excludes halogenated alkanes) is 2. The molecule has 1 aliphatic heterocycles. The van der Waals surface area contributed by atoms with Gasteiger partial charge in [0, 0.05) is 44.6 Å². The van der Waals surface area contributed by atoms with Crippen LogP contribution in [0.1, 0.15) is 101 Å². The van der Waals surface area contributed by atoms with E-state index in [4.69, 9.17) is 24.2 Å². The molecule has 0 spiro atoms. The number of likely N-dealkylation sites (N-methyl/N-ethyl adjacent to an activating group) is 1. The molecule has 9 nitrogen and oxygen atoms in total. The zero-order chi connectivity index (χ0) is 38.6. The van der Waals surface area contributed by atoms with Gasteiger partial charge in [0.1, 0.15) is 30.8 Å². The van der Waals surface area contributed by atoms with Crippen LogP contribution < -0.4 is 9.47 Å². The zero-order valence-electron chi connectivity index (χ0n) is 32.8. The first-order chi connectivity index (χ1) is 26.9. The maximum atomic E-state index is 14.3. The number of carbonyl (C=O) groups excluding carboxylic acids is 1. The van der Waals surface area contributed by atoms with Gasteiger partial charge in [-0.25, -0.2) is 0 Å². The minimum Gasteiger partial charge on any atom is -0.490 e. The Kier molecular flexibility index (Phi) is 14.7. The largest absolute Gasteiger partial charge is 0.490 e. The number of nitrogens with zero attached hydrogens (tertiary/aromatic N) is 2. The van der Waals surface area contributed by atoms with Gasteiger partial charge in [-0.1, -0.05) is 98.8 Å². The third-order valence-corrected chi connectivity index (χ3v) is 12.4. The van der Waals surface area contributed by atoms with E-state index in [0.29, 0.717) is 38.4 Å². The van der Waals surface area contributed by atoms with Crippen LogP contribution in [-0.2, 0) is 21.0 Å². The highest BCUT2D eigenvalue weighted by atomic mass is 16.7. The summed E-state index contributed by atoms with van der Waals surface area (Å²) in [6.07, 6.45) is 17.4.